The summed E-state index contributed by atoms with van der Waals surface area (Å²) in [6.45, 7) is 1.54. The Balaban J connectivity index is 1.83. The van der Waals surface area contributed by atoms with Crippen LogP contribution in [0.5, 0.6) is 5.75 Å². The van der Waals surface area contributed by atoms with Crippen LogP contribution in [0.4, 0.5) is 11.4 Å². The summed E-state index contributed by atoms with van der Waals surface area (Å²) in [5, 5.41) is 3.95. The van der Waals surface area contributed by atoms with Crippen molar-refractivity contribution in [3.8, 4) is 5.75 Å². The smallest absolute Gasteiger partial charge is 0.255 e. The molecular formula is C19H18ClN3O4S. The molecule has 0 radical (unpaired) electrons. The summed E-state index contributed by atoms with van der Waals surface area (Å²) in [7, 11) is -2.02. The van der Waals surface area contributed by atoms with Gasteiger partial charge in [-0.2, -0.15) is 0 Å². The summed E-state index contributed by atoms with van der Waals surface area (Å²) in [5.74, 6) is -0.0793. The molecule has 1 amide bonds. The summed E-state index contributed by atoms with van der Waals surface area (Å²) in [6, 6.07) is 13.2. The van der Waals surface area contributed by atoms with Gasteiger partial charge in [-0.25, -0.2) is 13.4 Å². The molecule has 0 atom stereocenters. The molecule has 3 rings (SSSR count). The van der Waals surface area contributed by atoms with Crippen LogP contribution in [-0.2, 0) is 10.0 Å². The number of ether oxygens (including phenoxy) is 1. The van der Waals surface area contributed by atoms with Gasteiger partial charge in [0.1, 0.15) is 10.9 Å². The Kier molecular flexibility index (Phi) is 5.71. The van der Waals surface area contributed by atoms with Crippen LogP contribution in [0.15, 0.2) is 48.5 Å². The van der Waals surface area contributed by atoms with Crippen LogP contribution in [0.1, 0.15) is 17.3 Å². The zero-order valence-electron chi connectivity index (χ0n) is 15.2. The van der Waals surface area contributed by atoms with Gasteiger partial charge in [-0.3, -0.25) is 9.52 Å². The zero-order valence-corrected chi connectivity index (χ0v) is 16.8. The van der Waals surface area contributed by atoms with Crippen LogP contribution >= 0.6 is 11.6 Å². The average Bonchev–Trinajstić information content (AvgIpc) is 2.68. The summed E-state index contributed by atoms with van der Waals surface area (Å²) >= 11 is 5.87. The van der Waals surface area contributed by atoms with Gasteiger partial charge in [0.2, 0.25) is 10.0 Å². The number of benzene rings is 2. The summed E-state index contributed by atoms with van der Waals surface area (Å²) in [5.41, 5.74) is 1.91. The van der Waals surface area contributed by atoms with Gasteiger partial charge in [-0.05, 0) is 49.4 Å². The number of hydrogen-bond donors (Lipinski definition) is 2. The van der Waals surface area contributed by atoms with Gasteiger partial charge >= 0.3 is 0 Å². The third-order valence-corrected chi connectivity index (χ3v) is 5.52. The van der Waals surface area contributed by atoms with Gasteiger partial charge in [0.15, 0.2) is 0 Å². The Hall–Kier alpha value is -2.84. The number of hydrogen-bond acceptors (Lipinski definition) is 5. The second-order valence-electron chi connectivity index (χ2n) is 5.92. The van der Waals surface area contributed by atoms with Gasteiger partial charge in [0, 0.05) is 22.7 Å². The van der Waals surface area contributed by atoms with E-state index in [1.807, 2.05) is 0 Å². The van der Waals surface area contributed by atoms with Crippen molar-refractivity contribution in [2.45, 2.75) is 6.92 Å². The normalized spacial score (nSPS) is 11.2. The third kappa shape index (κ3) is 4.52. The predicted octanol–water partition coefficient (Wildman–Crippen LogP) is 3.91. The number of carbonyl (C=O) groups excluding carboxylic acids is 1. The lowest BCUT2D eigenvalue weighted by Gasteiger charge is -2.13. The second-order valence-corrected chi connectivity index (χ2v) is 8.31. The van der Waals surface area contributed by atoms with Crippen molar-refractivity contribution in [2.24, 2.45) is 0 Å². The first-order chi connectivity index (χ1) is 13.3. The number of aromatic nitrogens is 1. The first-order valence-corrected chi connectivity index (χ1v) is 10.4. The van der Waals surface area contributed by atoms with Crippen LogP contribution in [0.25, 0.3) is 10.9 Å². The molecular weight excluding hydrogens is 402 g/mol. The Labute approximate surface area is 167 Å². The molecule has 0 aliphatic carbocycles. The van der Waals surface area contributed by atoms with Crippen molar-refractivity contribution >= 4 is 49.8 Å². The van der Waals surface area contributed by atoms with Crippen LogP contribution < -0.4 is 14.8 Å². The number of anilines is 2. The molecule has 0 saturated heterocycles. The van der Waals surface area contributed by atoms with Crippen molar-refractivity contribution in [3.05, 3.63) is 59.2 Å². The largest absolute Gasteiger partial charge is 0.494 e. The Bertz CT molecular complexity index is 1150. The summed E-state index contributed by atoms with van der Waals surface area (Å²) < 4.78 is 31.2. The van der Waals surface area contributed by atoms with E-state index < -0.39 is 10.0 Å². The maximum absolute atomic E-state index is 12.6. The fourth-order valence-electron chi connectivity index (χ4n) is 2.54. The topological polar surface area (TPSA) is 97.4 Å². The minimum atomic E-state index is -3.44. The molecule has 0 aliphatic heterocycles. The molecule has 0 aliphatic rings. The lowest BCUT2D eigenvalue weighted by molar-refractivity contribution is 0.102. The number of methoxy groups -OCH3 is 1. The molecule has 3 aromatic rings. The van der Waals surface area contributed by atoms with E-state index in [1.54, 1.807) is 42.5 Å². The fourth-order valence-corrected chi connectivity index (χ4v) is 3.34. The van der Waals surface area contributed by atoms with E-state index >= 15 is 0 Å². The van der Waals surface area contributed by atoms with Crippen molar-refractivity contribution < 1.29 is 17.9 Å². The molecule has 146 valence electrons. The highest BCUT2D eigenvalue weighted by molar-refractivity contribution is 7.92. The number of nitrogens with one attached hydrogen (secondary N) is 2. The first kappa shape index (κ1) is 19.9. The highest BCUT2D eigenvalue weighted by Gasteiger charge is 2.13. The lowest BCUT2D eigenvalue weighted by atomic mass is 10.1. The molecule has 2 aromatic carbocycles. The van der Waals surface area contributed by atoms with E-state index in [1.165, 1.54) is 20.1 Å². The molecule has 1 heterocycles. The van der Waals surface area contributed by atoms with E-state index in [9.17, 15) is 13.2 Å². The van der Waals surface area contributed by atoms with E-state index in [0.29, 0.717) is 33.4 Å². The number of fused-ring (bicyclic) bond motifs is 1. The monoisotopic (exact) mass is 419 g/mol. The van der Waals surface area contributed by atoms with Crippen LogP contribution in [0.3, 0.4) is 0 Å². The SMILES string of the molecule is CCS(=O)(=O)Nc1ccc(NC(=O)c2ccc3nc(Cl)ccc3c2)cc1OC. The number of amides is 1. The molecule has 1 aromatic heterocycles. The molecule has 7 nitrogen and oxygen atoms in total. The van der Waals surface area contributed by atoms with E-state index in [0.717, 1.165) is 5.39 Å². The molecule has 0 saturated carbocycles. The van der Waals surface area contributed by atoms with Crippen LogP contribution in [0.2, 0.25) is 5.15 Å². The molecule has 0 fully saturated rings. The van der Waals surface area contributed by atoms with Gasteiger partial charge < -0.3 is 10.1 Å². The third-order valence-electron chi connectivity index (χ3n) is 4.02. The van der Waals surface area contributed by atoms with E-state index in [4.69, 9.17) is 16.3 Å². The lowest BCUT2D eigenvalue weighted by Crippen LogP contribution is -2.16. The Morgan fingerprint density at radius 2 is 1.93 bits per heavy atom. The second kappa shape index (κ2) is 8.04. The Morgan fingerprint density at radius 3 is 2.64 bits per heavy atom. The number of nitrogens with zero attached hydrogens (tertiary/aromatic N) is 1. The van der Waals surface area contributed by atoms with Crippen molar-refractivity contribution in [1.29, 1.82) is 0 Å². The van der Waals surface area contributed by atoms with Gasteiger partial charge in [0.25, 0.3) is 5.91 Å². The van der Waals surface area contributed by atoms with Crippen molar-refractivity contribution in [2.75, 3.05) is 22.9 Å². The number of pyridine rings is 1. The quantitative estimate of drug-likeness (QED) is 0.590. The summed E-state index contributed by atoms with van der Waals surface area (Å²) in [6.07, 6.45) is 0. The van der Waals surface area contributed by atoms with Gasteiger partial charge in [-0.1, -0.05) is 11.6 Å². The number of rotatable bonds is 6. The summed E-state index contributed by atoms with van der Waals surface area (Å²) in [4.78, 5) is 16.8. The molecule has 2 N–H and O–H groups in total. The number of carbonyl (C=O) groups is 1. The van der Waals surface area contributed by atoms with Crippen LogP contribution in [-0.4, -0.2) is 32.2 Å². The number of sulfonamides is 1. The molecule has 0 bridgehead atoms. The molecule has 0 spiro atoms. The Morgan fingerprint density at radius 1 is 1.14 bits per heavy atom. The minimum Gasteiger partial charge on any atom is -0.494 e. The zero-order chi connectivity index (χ0) is 20.3. The maximum atomic E-state index is 12.6. The predicted molar refractivity (Wildman–Crippen MR) is 111 cm³/mol. The molecule has 28 heavy (non-hydrogen) atoms. The first-order valence-electron chi connectivity index (χ1n) is 8.37. The average molecular weight is 420 g/mol. The number of halogens is 1. The van der Waals surface area contributed by atoms with Crippen LogP contribution in [0, 0.1) is 0 Å². The molecule has 0 unspecified atom stereocenters. The van der Waals surface area contributed by atoms with E-state index in [-0.39, 0.29) is 11.7 Å². The van der Waals surface area contributed by atoms with Crippen molar-refractivity contribution in [3.63, 3.8) is 0 Å². The molecule has 9 heteroatoms. The van der Waals surface area contributed by atoms with Gasteiger partial charge in [-0.15, -0.1) is 0 Å². The fraction of sp³-hybridized carbons (Fsp3) is 0.158. The minimum absolute atomic E-state index is 0.0589. The standard InChI is InChI=1S/C19H18ClN3O4S/c1-3-28(25,26)23-16-8-6-14(11-17(16)27-2)21-19(24)13-4-7-15-12(10-13)5-9-18(20)22-15/h4-11,23H,3H2,1-2H3,(H,21,24). The van der Waals surface area contributed by atoms with Gasteiger partial charge in [0.05, 0.1) is 24.1 Å². The highest BCUT2D eigenvalue weighted by Crippen LogP contribution is 2.29. The highest BCUT2D eigenvalue weighted by atomic mass is 35.5. The van der Waals surface area contributed by atoms with E-state index in [2.05, 4.69) is 15.0 Å². The maximum Gasteiger partial charge on any atom is 0.255 e. The van der Waals surface area contributed by atoms with Crippen molar-refractivity contribution in [1.82, 2.24) is 4.98 Å².